The lowest BCUT2D eigenvalue weighted by Gasteiger charge is -2.03. The normalized spacial score (nSPS) is 11.2. The molecule has 0 unspecified atom stereocenters. The molecule has 0 radical (unpaired) electrons. The minimum absolute atomic E-state index is 0.654. The largest absolute Gasteiger partial charge is 0.313 e. The van der Waals surface area contributed by atoms with E-state index in [4.69, 9.17) is 0 Å². The van der Waals surface area contributed by atoms with E-state index in [9.17, 15) is 0 Å². The van der Waals surface area contributed by atoms with Gasteiger partial charge in [0.15, 0.2) is 0 Å². The van der Waals surface area contributed by atoms with Gasteiger partial charge in [-0.05, 0) is 19.4 Å². The molecule has 0 aliphatic rings. The van der Waals surface area contributed by atoms with E-state index in [1.165, 1.54) is 5.56 Å². The molecule has 0 fully saturated rings. The van der Waals surface area contributed by atoms with Gasteiger partial charge in [0.2, 0.25) is 0 Å². The van der Waals surface area contributed by atoms with Crippen molar-refractivity contribution in [3.05, 3.63) is 17.5 Å². The molecule has 0 saturated heterocycles. The van der Waals surface area contributed by atoms with Crippen molar-refractivity contribution < 1.29 is 0 Å². The quantitative estimate of drug-likeness (QED) is 0.778. The number of hydrogen-bond acceptors (Lipinski definition) is 2. The topological polar surface area (TPSA) is 29.9 Å². The van der Waals surface area contributed by atoms with Crippen LogP contribution in [-0.4, -0.2) is 16.3 Å². The fourth-order valence-corrected chi connectivity index (χ4v) is 1.46. The summed E-state index contributed by atoms with van der Waals surface area (Å²) < 4.78 is 2.05. The van der Waals surface area contributed by atoms with Crippen LogP contribution in [0.1, 0.15) is 32.0 Å². The molecule has 1 aromatic rings. The van der Waals surface area contributed by atoms with Crippen LogP contribution >= 0.6 is 0 Å². The van der Waals surface area contributed by atoms with Crippen LogP contribution in [-0.2, 0) is 13.1 Å². The lowest BCUT2D eigenvalue weighted by Crippen LogP contribution is -2.11. The average molecular weight is 195 g/mol. The van der Waals surface area contributed by atoms with Crippen LogP contribution in [0.2, 0.25) is 0 Å². The predicted octanol–water partition coefficient (Wildman–Crippen LogP) is 1.96. The standard InChI is InChI=1S/C11H21N3/c1-5-12-6-11-8-14(7-9(2)3)13-10(11)4/h8-9,12H,5-7H2,1-4H3. The van der Waals surface area contributed by atoms with E-state index >= 15 is 0 Å². The molecule has 0 spiro atoms. The molecular formula is C11H21N3. The van der Waals surface area contributed by atoms with Gasteiger partial charge in [0, 0.05) is 24.8 Å². The van der Waals surface area contributed by atoms with Crippen molar-refractivity contribution >= 4 is 0 Å². The van der Waals surface area contributed by atoms with Crippen LogP contribution < -0.4 is 5.32 Å². The Kier molecular flexibility index (Phi) is 4.14. The summed E-state index contributed by atoms with van der Waals surface area (Å²) in [5.74, 6) is 0.654. The summed E-state index contributed by atoms with van der Waals surface area (Å²) in [6.07, 6.45) is 2.15. The van der Waals surface area contributed by atoms with Gasteiger partial charge in [-0.15, -0.1) is 0 Å². The molecule has 1 rings (SSSR count). The monoisotopic (exact) mass is 195 g/mol. The Labute approximate surface area is 86.5 Å². The van der Waals surface area contributed by atoms with Crippen molar-refractivity contribution in [1.29, 1.82) is 0 Å². The van der Waals surface area contributed by atoms with Gasteiger partial charge in [-0.1, -0.05) is 20.8 Å². The van der Waals surface area contributed by atoms with Gasteiger partial charge in [-0.3, -0.25) is 4.68 Å². The molecule has 0 saturated carbocycles. The molecule has 80 valence electrons. The van der Waals surface area contributed by atoms with Gasteiger partial charge in [0.05, 0.1) is 5.69 Å². The van der Waals surface area contributed by atoms with Crippen LogP contribution in [0.5, 0.6) is 0 Å². The highest BCUT2D eigenvalue weighted by Gasteiger charge is 2.04. The molecule has 0 bridgehead atoms. The third-order valence-electron chi connectivity index (χ3n) is 2.17. The first-order valence-electron chi connectivity index (χ1n) is 5.37. The summed E-state index contributed by atoms with van der Waals surface area (Å²) in [6.45, 7) is 11.6. The second-order valence-electron chi connectivity index (χ2n) is 4.14. The summed E-state index contributed by atoms with van der Waals surface area (Å²) in [7, 11) is 0. The van der Waals surface area contributed by atoms with Gasteiger partial charge in [-0.25, -0.2) is 0 Å². The molecule has 1 heterocycles. The minimum atomic E-state index is 0.654. The molecule has 0 aromatic carbocycles. The molecule has 0 atom stereocenters. The molecule has 0 aliphatic carbocycles. The Hall–Kier alpha value is -0.830. The molecule has 0 amide bonds. The van der Waals surface area contributed by atoms with Gasteiger partial charge in [0.1, 0.15) is 0 Å². The van der Waals surface area contributed by atoms with E-state index in [1.807, 2.05) is 4.68 Å². The van der Waals surface area contributed by atoms with Crippen molar-refractivity contribution in [3.8, 4) is 0 Å². The lowest BCUT2D eigenvalue weighted by atomic mass is 10.2. The molecular weight excluding hydrogens is 174 g/mol. The van der Waals surface area contributed by atoms with Gasteiger partial charge < -0.3 is 5.32 Å². The highest BCUT2D eigenvalue weighted by atomic mass is 15.3. The second-order valence-corrected chi connectivity index (χ2v) is 4.14. The van der Waals surface area contributed by atoms with Crippen LogP contribution in [0.3, 0.4) is 0 Å². The van der Waals surface area contributed by atoms with Crippen LogP contribution in [0.4, 0.5) is 0 Å². The fourth-order valence-electron chi connectivity index (χ4n) is 1.46. The third kappa shape index (κ3) is 3.14. The third-order valence-corrected chi connectivity index (χ3v) is 2.17. The summed E-state index contributed by atoms with van der Waals surface area (Å²) in [6, 6.07) is 0. The summed E-state index contributed by atoms with van der Waals surface area (Å²) in [4.78, 5) is 0. The highest BCUT2D eigenvalue weighted by molar-refractivity contribution is 5.14. The summed E-state index contributed by atoms with van der Waals surface area (Å²) >= 11 is 0. The summed E-state index contributed by atoms with van der Waals surface area (Å²) in [5.41, 5.74) is 2.46. The van der Waals surface area contributed by atoms with E-state index in [0.717, 1.165) is 25.3 Å². The maximum absolute atomic E-state index is 4.48. The van der Waals surface area contributed by atoms with Crippen molar-refractivity contribution in [2.75, 3.05) is 6.54 Å². The van der Waals surface area contributed by atoms with E-state index in [2.05, 4.69) is 44.3 Å². The van der Waals surface area contributed by atoms with Crippen LogP contribution in [0.15, 0.2) is 6.20 Å². The Morgan fingerprint density at radius 3 is 2.79 bits per heavy atom. The predicted molar refractivity (Wildman–Crippen MR) is 59.2 cm³/mol. The first-order chi connectivity index (χ1) is 6.63. The average Bonchev–Trinajstić information content (AvgIpc) is 2.41. The van der Waals surface area contributed by atoms with Crippen LogP contribution in [0.25, 0.3) is 0 Å². The maximum Gasteiger partial charge on any atom is 0.0638 e. The van der Waals surface area contributed by atoms with Crippen molar-refractivity contribution in [2.24, 2.45) is 5.92 Å². The Balaban J connectivity index is 2.62. The lowest BCUT2D eigenvalue weighted by molar-refractivity contribution is 0.481. The summed E-state index contributed by atoms with van der Waals surface area (Å²) in [5, 5.41) is 7.80. The van der Waals surface area contributed by atoms with Crippen molar-refractivity contribution in [2.45, 2.75) is 40.8 Å². The van der Waals surface area contributed by atoms with Crippen molar-refractivity contribution in [3.63, 3.8) is 0 Å². The first kappa shape index (κ1) is 11.2. The van der Waals surface area contributed by atoms with Gasteiger partial charge in [0.25, 0.3) is 0 Å². The number of aromatic nitrogens is 2. The first-order valence-corrected chi connectivity index (χ1v) is 5.37. The molecule has 3 nitrogen and oxygen atoms in total. The van der Waals surface area contributed by atoms with E-state index < -0.39 is 0 Å². The number of aryl methyl sites for hydroxylation is 1. The number of nitrogens with one attached hydrogen (secondary N) is 1. The fraction of sp³-hybridized carbons (Fsp3) is 0.727. The van der Waals surface area contributed by atoms with Gasteiger partial charge >= 0.3 is 0 Å². The Bertz CT molecular complexity index is 276. The number of nitrogens with zero attached hydrogens (tertiary/aromatic N) is 2. The highest BCUT2D eigenvalue weighted by Crippen LogP contribution is 2.07. The zero-order valence-corrected chi connectivity index (χ0v) is 9.67. The Morgan fingerprint density at radius 2 is 2.21 bits per heavy atom. The van der Waals surface area contributed by atoms with Gasteiger partial charge in [-0.2, -0.15) is 5.10 Å². The molecule has 1 N–H and O–H groups in total. The van der Waals surface area contributed by atoms with E-state index in [-0.39, 0.29) is 0 Å². The molecule has 0 aliphatic heterocycles. The van der Waals surface area contributed by atoms with Crippen LogP contribution in [0, 0.1) is 12.8 Å². The number of hydrogen-bond donors (Lipinski definition) is 1. The zero-order valence-electron chi connectivity index (χ0n) is 9.67. The van der Waals surface area contributed by atoms with E-state index in [1.54, 1.807) is 0 Å². The maximum atomic E-state index is 4.48. The number of rotatable bonds is 5. The Morgan fingerprint density at radius 1 is 1.50 bits per heavy atom. The smallest absolute Gasteiger partial charge is 0.0638 e. The zero-order chi connectivity index (χ0) is 10.6. The van der Waals surface area contributed by atoms with E-state index in [0.29, 0.717) is 5.92 Å². The second kappa shape index (κ2) is 5.15. The molecule has 1 aromatic heterocycles. The molecule has 14 heavy (non-hydrogen) atoms. The SMILES string of the molecule is CCNCc1cn(CC(C)C)nc1C. The van der Waals surface area contributed by atoms with Crippen molar-refractivity contribution in [1.82, 2.24) is 15.1 Å². The molecule has 3 heteroatoms. The minimum Gasteiger partial charge on any atom is -0.313 e.